The van der Waals surface area contributed by atoms with Gasteiger partial charge in [0.15, 0.2) is 0 Å². The Bertz CT molecular complexity index is 721. The van der Waals surface area contributed by atoms with Gasteiger partial charge in [0.1, 0.15) is 5.56 Å². The van der Waals surface area contributed by atoms with E-state index in [2.05, 4.69) is 0 Å². The van der Waals surface area contributed by atoms with Gasteiger partial charge in [-0.1, -0.05) is 18.2 Å². The number of para-hydroxylation sites is 1. The van der Waals surface area contributed by atoms with E-state index < -0.39 is 17.1 Å². The Morgan fingerprint density at radius 2 is 1.86 bits per heavy atom. The highest BCUT2D eigenvalue weighted by atomic mass is 16.3. The molecule has 0 aliphatic heterocycles. The summed E-state index contributed by atoms with van der Waals surface area (Å²) in [5.41, 5.74) is 4.80. The van der Waals surface area contributed by atoms with Crippen LogP contribution in [0, 0.1) is 6.92 Å². The molecule has 21 heavy (non-hydrogen) atoms. The lowest BCUT2D eigenvalue weighted by atomic mass is 10.1. The fourth-order valence-electron chi connectivity index (χ4n) is 2.31. The van der Waals surface area contributed by atoms with Crippen molar-refractivity contribution in [1.82, 2.24) is 9.36 Å². The van der Waals surface area contributed by atoms with Gasteiger partial charge in [0.2, 0.25) is 0 Å². The van der Waals surface area contributed by atoms with E-state index >= 15 is 0 Å². The Hall–Kier alpha value is -2.34. The minimum atomic E-state index is -1.04. The molecule has 2 rings (SSSR count). The molecule has 0 aliphatic rings. The molecule has 6 nitrogen and oxygen atoms in total. The van der Waals surface area contributed by atoms with E-state index in [1.165, 1.54) is 4.68 Å². The number of rotatable bonds is 4. The molecule has 0 atom stereocenters. The molecule has 1 aromatic carbocycles. The van der Waals surface area contributed by atoms with E-state index in [1.807, 2.05) is 6.07 Å². The van der Waals surface area contributed by atoms with Crippen molar-refractivity contribution in [2.24, 2.45) is 5.73 Å². The zero-order valence-electron chi connectivity index (χ0n) is 12.3. The molecule has 1 aromatic heterocycles. The van der Waals surface area contributed by atoms with Gasteiger partial charge in [0, 0.05) is 0 Å². The van der Waals surface area contributed by atoms with Crippen molar-refractivity contribution >= 4 is 5.91 Å². The van der Waals surface area contributed by atoms with E-state index in [0.717, 1.165) is 0 Å². The summed E-state index contributed by atoms with van der Waals surface area (Å²) >= 11 is 0. The summed E-state index contributed by atoms with van der Waals surface area (Å²) in [4.78, 5) is 24.0. The lowest BCUT2D eigenvalue weighted by molar-refractivity contribution is 0.0546. The van der Waals surface area contributed by atoms with Crippen LogP contribution in [0.2, 0.25) is 0 Å². The first-order valence-corrected chi connectivity index (χ1v) is 6.62. The fourth-order valence-corrected chi connectivity index (χ4v) is 2.31. The van der Waals surface area contributed by atoms with Gasteiger partial charge in [-0.25, -0.2) is 4.68 Å². The van der Waals surface area contributed by atoms with Gasteiger partial charge >= 0.3 is 0 Å². The number of primary amides is 1. The maximum absolute atomic E-state index is 12.5. The predicted octanol–water partition coefficient (Wildman–Crippen LogP) is 0.817. The summed E-state index contributed by atoms with van der Waals surface area (Å²) < 4.78 is 2.95. The molecule has 0 saturated heterocycles. The highest BCUT2D eigenvalue weighted by Gasteiger charge is 2.25. The zero-order chi connectivity index (χ0) is 15.8. The number of hydrogen-bond donors (Lipinski definition) is 2. The molecule has 0 bridgehead atoms. The number of nitrogens with two attached hydrogens (primary N) is 1. The van der Waals surface area contributed by atoms with Gasteiger partial charge in [-0.15, -0.1) is 0 Å². The van der Waals surface area contributed by atoms with Crippen molar-refractivity contribution in [1.29, 1.82) is 0 Å². The Balaban J connectivity index is 2.76. The molecular weight excluding hydrogens is 270 g/mol. The second-order valence-electron chi connectivity index (χ2n) is 5.65. The number of benzene rings is 1. The Morgan fingerprint density at radius 1 is 1.29 bits per heavy atom. The van der Waals surface area contributed by atoms with Gasteiger partial charge in [0.05, 0.1) is 23.5 Å². The molecule has 0 spiro atoms. The van der Waals surface area contributed by atoms with Crippen molar-refractivity contribution in [2.75, 3.05) is 0 Å². The topological polar surface area (TPSA) is 90.3 Å². The van der Waals surface area contributed by atoms with Crippen LogP contribution in [0.3, 0.4) is 0 Å². The number of aliphatic hydroxyl groups is 1. The maximum Gasteiger partial charge on any atom is 0.284 e. The van der Waals surface area contributed by atoms with Gasteiger partial charge in [0.25, 0.3) is 11.5 Å². The molecule has 2 aromatic rings. The summed E-state index contributed by atoms with van der Waals surface area (Å²) in [7, 11) is 0. The molecule has 0 aliphatic carbocycles. The van der Waals surface area contributed by atoms with E-state index in [9.17, 15) is 14.7 Å². The predicted molar refractivity (Wildman–Crippen MR) is 79.6 cm³/mol. The summed E-state index contributed by atoms with van der Waals surface area (Å²) in [6, 6.07) is 8.93. The first-order chi connectivity index (χ1) is 9.72. The van der Waals surface area contributed by atoms with Crippen molar-refractivity contribution in [2.45, 2.75) is 32.9 Å². The lowest BCUT2D eigenvalue weighted by Crippen LogP contribution is -2.32. The Labute approximate surface area is 122 Å². The quantitative estimate of drug-likeness (QED) is 0.873. The third-order valence-corrected chi connectivity index (χ3v) is 3.18. The number of hydrogen-bond acceptors (Lipinski definition) is 3. The Morgan fingerprint density at radius 3 is 2.33 bits per heavy atom. The lowest BCUT2D eigenvalue weighted by Gasteiger charge is -2.22. The maximum atomic E-state index is 12.5. The van der Waals surface area contributed by atoms with E-state index in [0.29, 0.717) is 11.4 Å². The molecule has 6 heteroatoms. The summed E-state index contributed by atoms with van der Waals surface area (Å²) in [6.45, 7) is 5.08. The SMILES string of the molecule is Cc1c(C(N)=O)c(=O)n(-c2ccccc2)n1CC(C)(C)O. The zero-order valence-corrected chi connectivity index (χ0v) is 12.3. The average molecular weight is 289 g/mol. The van der Waals surface area contributed by atoms with E-state index in [4.69, 9.17) is 5.73 Å². The molecular formula is C15H19N3O3. The molecule has 1 heterocycles. The van der Waals surface area contributed by atoms with Crippen LogP contribution in [0.15, 0.2) is 35.1 Å². The van der Waals surface area contributed by atoms with Crippen LogP contribution in [-0.2, 0) is 6.54 Å². The van der Waals surface area contributed by atoms with Crippen LogP contribution in [0.1, 0.15) is 29.9 Å². The van der Waals surface area contributed by atoms with Gasteiger partial charge in [-0.05, 0) is 32.9 Å². The number of nitrogens with zero attached hydrogens (tertiary/aromatic N) is 2. The second-order valence-corrected chi connectivity index (χ2v) is 5.65. The normalized spacial score (nSPS) is 11.6. The van der Waals surface area contributed by atoms with Crippen LogP contribution in [0.25, 0.3) is 5.69 Å². The van der Waals surface area contributed by atoms with Gasteiger partial charge in [-0.2, -0.15) is 0 Å². The minimum Gasteiger partial charge on any atom is -0.389 e. The Kier molecular flexibility index (Phi) is 3.74. The number of aromatic nitrogens is 2. The molecule has 1 amide bonds. The highest BCUT2D eigenvalue weighted by Crippen LogP contribution is 2.15. The summed E-state index contributed by atoms with van der Waals surface area (Å²) in [5, 5.41) is 10.1. The fraction of sp³-hybridized carbons (Fsp3) is 0.333. The second kappa shape index (κ2) is 5.21. The first-order valence-electron chi connectivity index (χ1n) is 6.62. The standard InChI is InChI=1S/C15H19N3O3/c1-10-12(13(16)19)14(20)18(11-7-5-4-6-8-11)17(10)9-15(2,3)21/h4-8,21H,9H2,1-3H3,(H2,16,19). The van der Waals surface area contributed by atoms with E-state index in [-0.39, 0.29) is 12.1 Å². The van der Waals surface area contributed by atoms with Crippen LogP contribution in [0.5, 0.6) is 0 Å². The van der Waals surface area contributed by atoms with Crippen molar-refractivity contribution in [3.8, 4) is 5.69 Å². The molecule has 0 radical (unpaired) electrons. The molecule has 0 saturated carbocycles. The molecule has 0 fully saturated rings. The van der Waals surface area contributed by atoms with Crippen LogP contribution < -0.4 is 11.3 Å². The highest BCUT2D eigenvalue weighted by molar-refractivity contribution is 5.93. The number of amides is 1. The van der Waals surface area contributed by atoms with E-state index in [1.54, 1.807) is 49.7 Å². The average Bonchev–Trinajstić information content (AvgIpc) is 2.60. The number of carbonyl (C=O) groups is 1. The molecule has 112 valence electrons. The van der Waals surface area contributed by atoms with Crippen molar-refractivity contribution in [3.05, 3.63) is 51.9 Å². The minimum absolute atomic E-state index is 0.0527. The van der Waals surface area contributed by atoms with Crippen molar-refractivity contribution < 1.29 is 9.90 Å². The smallest absolute Gasteiger partial charge is 0.284 e. The first kappa shape index (κ1) is 15.1. The molecule has 0 unspecified atom stereocenters. The van der Waals surface area contributed by atoms with Gasteiger partial charge < -0.3 is 10.8 Å². The van der Waals surface area contributed by atoms with Crippen LogP contribution >= 0.6 is 0 Å². The van der Waals surface area contributed by atoms with Gasteiger partial charge in [-0.3, -0.25) is 14.3 Å². The van der Waals surface area contributed by atoms with Crippen LogP contribution in [-0.4, -0.2) is 26.0 Å². The largest absolute Gasteiger partial charge is 0.389 e. The summed E-state index contributed by atoms with van der Waals surface area (Å²) in [6.07, 6.45) is 0. The summed E-state index contributed by atoms with van der Waals surface area (Å²) in [5.74, 6) is -0.767. The number of carbonyl (C=O) groups excluding carboxylic acids is 1. The third kappa shape index (κ3) is 2.90. The third-order valence-electron chi connectivity index (χ3n) is 3.18. The van der Waals surface area contributed by atoms with Crippen LogP contribution in [0.4, 0.5) is 0 Å². The monoisotopic (exact) mass is 289 g/mol. The van der Waals surface area contributed by atoms with Crippen molar-refractivity contribution in [3.63, 3.8) is 0 Å². The molecule has 3 N–H and O–H groups in total.